The van der Waals surface area contributed by atoms with Crippen molar-refractivity contribution in [1.29, 1.82) is 0 Å². The van der Waals surface area contributed by atoms with Crippen molar-refractivity contribution in [3.8, 4) is 0 Å². The zero-order valence-corrected chi connectivity index (χ0v) is 18.4. The fourth-order valence-electron chi connectivity index (χ4n) is 5.25. The van der Waals surface area contributed by atoms with Gasteiger partial charge in [-0.05, 0) is 54.7 Å². The van der Waals surface area contributed by atoms with Gasteiger partial charge in [-0.15, -0.1) is 0 Å². The van der Waals surface area contributed by atoms with Gasteiger partial charge in [-0.3, -0.25) is 14.6 Å². The first-order valence-electron chi connectivity index (χ1n) is 11.6. The molecule has 7 nitrogen and oxygen atoms in total. The molecule has 0 bridgehead atoms. The SMILES string of the molecule is O=C(c1ccc(N2CCOCC2)cc1)N1CC[C@H]2[C@H](CCC(=O)N2Cc2cccnc2)C1. The minimum atomic E-state index is 0.0905. The van der Waals surface area contributed by atoms with Crippen LogP contribution in [0.25, 0.3) is 0 Å². The number of amides is 2. The van der Waals surface area contributed by atoms with Gasteiger partial charge in [-0.1, -0.05) is 6.07 Å². The Morgan fingerprint density at radius 1 is 1.06 bits per heavy atom. The van der Waals surface area contributed by atoms with Crippen LogP contribution in [0.3, 0.4) is 0 Å². The Morgan fingerprint density at radius 2 is 1.88 bits per heavy atom. The first kappa shape index (κ1) is 20.9. The Kier molecular flexibility index (Phi) is 6.08. The largest absolute Gasteiger partial charge is 0.378 e. The number of likely N-dealkylation sites (tertiary alicyclic amines) is 2. The number of aromatic nitrogens is 1. The molecule has 7 heteroatoms. The summed E-state index contributed by atoms with van der Waals surface area (Å²) >= 11 is 0. The van der Waals surface area contributed by atoms with Crippen LogP contribution in [0.15, 0.2) is 48.8 Å². The molecule has 2 aromatic rings. The van der Waals surface area contributed by atoms with Gasteiger partial charge in [0.25, 0.3) is 5.91 Å². The molecule has 0 aliphatic carbocycles. The van der Waals surface area contributed by atoms with Crippen LogP contribution in [0.1, 0.15) is 35.2 Å². The van der Waals surface area contributed by atoms with Crippen LogP contribution in [0.4, 0.5) is 5.69 Å². The summed E-state index contributed by atoms with van der Waals surface area (Å²) in [5.74, 6) is 0.635. The molecule has 3 fully saturated rings. The summed E-state index contributed by atoms with van der Waals surface area (Å²) in [6.45, 7) is 5.26. The third-order valence-electron chi connectivity index (χ3n) is 7.00. The van der Waals surface area contributed by atoms with Crippen LogP contribution >= 0.6 is 0 Å². The molecular weight excluding hydrogens is 404 g/mol. The van der Waals surface area contributed by atoms with Crippen LogP contribution in [-0.4, -0.2) is 72.0 Å². The standard InChI is InChI=1S/C25H30N4O3/c30-24-8-5-21-18-28(11-9-23(21)29(24)17-19-2-1-10-26-16-19)25(31)20-3-6-22(7-4-20)27-12-14-32-15-13-27/h1-4,6-7,10,16,21,23H,5,8-9,11-15,17-18H2/t21-,23+/m1/s1. The Morgan fingerprint density at radius 3 is 2.62 bits per heavy atom. The molecule has 3 aliphatic heterocycles. The van der Waals surface area contributed by atoms with E-state index >= 15 is 0 Å². The highest BCUT2D eigenvalue weighted by Gasteiger charge is 2.40. The van der Waals surface area contributed by atoms with E-state index in [1.807, 2.05) is 52.4 Å². The number of fused-ring (bicyclic) bond motifs is 1. The van der Waals surface area contributed by atoms with Gasteiger partial charge in [-0.2, -0.15) is 0 Å². The second-order valence-corrected chi connectivity index (χ2v) is 8.94. The van der Waals surface area contributed by atoms with E-state index in [1.54, 1.807) is 6.20 Å². The second kappa shape index (κ2) is 9.28. The maximum Gasteiger partial charge on any atom is 0.253 e. The fourth-order valence-corrected chi connectivity index (χ4v) is 5.25. The van der Waals surface area contributed by atoms with Crippen LogP contribution in [0.5, 0.6) is 0 Å². The van der Waals surface area contributed by atoms with Crippen LogP contribution in [-0.2, 0) is 16.1 Å². The fraction of sp³-hybridized carbons (Fsp3) is 0.480. The van der Waals surface area contributed by atoms with Crippen LogP contribution in [0.2, 0.25) is 0 Å². The van der Waals surface area contributed by atoms with Gasteiger partial charge >= 0.3 is 0 Å². The lowest BCUT2D eigenvalue weighted by atomic mass is 9.83. The van der Waals surface area contributed by atoms with E-state index in [9.17, 15) is 9.59 Å². The van der Waals surface area contributed by atoms with E-state index < -0.39 is 0 Å². The van der Waals surface area contributed by atoms with Gasteiger partial charge in [0.05, 0.1) is 13.2 Å². The molecule has 0 N–H and O–H groups in total. The Balaban J connectivity index is 1.23. The molecule has 32 heavy (non-hydrogen) atoms. The number of nitrogens with zero attached hydrogens (tertiary/aromatic N) is 4. The van der Waals surface area contributed by atoms with Crippen molar-refractivity contribution in [2.45, 2.75) is 31.8 Å². The molecule has 5 rings (SSSR count). The average Bonchev–Trinajstić information content (AvgIpc) is 2.86. The molecular formula is C25H30N4O3. The predicted molar refractivity (Wildman–Crippen MR) is 121 cm³/mol. The third kappa shape index (κ3) is 4.35. The Bertz CT molecular complexity index is 943. The summed E-state index contributed by atoms with van der Waals surface area (Å²) in [5, 5.41) is 0. The van der Waals surface area contributed by atoms with Gasteiger partial charge in [0, 0.05) is 68.8 Å². The molecule has 0 saturated carbocycles. The van der Waals surface area contributed by atoms with Crippen molar-refractivity contribution >= 4 is 17.5 Å². The molecule has 4 heterocycles. The minimum absolute atomic E-state index is 0.0905. The number of hydrogen-bond acceptors (Lipinski definition) is 5. The summed E-state index contributed by atoms with van der Waals surface area (Å²) in [6, 6.07) is 12.1. The summed E-state index contributed by atoms with van der Waals surface area (Å²) in [6.07, 6.45) is 5.82. The number of pyridine rings is 1. The number of anilines is 1. The molecule has 2 atom stereocenters. The maximum absolute atomic E-state index is 13.2. The highest BCUT2D eigenvalue weighted by molar-refractivity contribution is 5.94. The number of carbonyl (C=O) groups excluding carboxylic acids is 2. The number of carbonyl (C=O) groups is 2. The Hall–Kier alpha value is -2.93. The highest BCUT2D eigenvalue weighted by Crippen LogP contribution is 2.33. The Labute approximate surface area is 189 Å². The van der Waals surface area contributed by atoms with Gasteiger partial charge in [0.1, 0.15) is 0 Å². The second-order valence-electron chi connectivity index (χ2n) is 8.94. The van der Waals surface area contributed by atoms with E-state index in [4.69, 9.17) is 4.74 Å². The van der Waals surface area contributed by atoms with Crippen molar-refractivity contribution < 1.29 is 14.3 Å². The number of rotatable bonds is 4. The molecule has 0 spiro atoms. The zero-order chi connectivity index (χ0) is 21.9. The van der Waals surface area contributed by atoms with E-state index in [1.165, 1.54) is 0 Å². The van der Waals surface area contributed by atoms with Crippen molar-refractivity contribution in [3.05, 3.63) is 59.9 Å². The van der Waals surface area contributed by atoms with Gasteiger partial charge < -0.3 is 19.4 Å². The quantitative estimate of drug-likeness (QED) is 0.740. The van der Waals surface area contributed by atoms with E-state index in [2.05, 4.69) is 9.88 Å². The number of hydrogen-bond donors (Lipinski definition) is 0. The number of ether oxygens (including phenoxy) is 1. The lowest BCUT2D eigenvalue weighted by Crippen LogP contribution is -2.56. The number of benzene rings is 1. The van der Waals surface area contributed by atoms with Crippen LogP contribution < -0.4 is 4.90 Å². The summed E-state index contributed by atoms with van der Waals surface area (Å²) in [4.78, 5) is 36.3. The maximum atomic E-state index is 13.2. The first-order chi connectivity index (χ1) is 15.7. The number of morpholine rings is 1. The topological polar surface area (TPSA) is 66.0 Å². The summed E-state index contributed by atoms with van der Waals surface area (Å²) in [5.41, 5.74) is 2.93. The normalized spacial score (nSPS) is 23.8. The number of piperidine rings is 2. The molecule has 168 valence electrons. The molecule has 1 aromatic heterocycles. The minimum Gasteiger partial charge on any atom is -0.378 e. The van der Waals surface area contributed by atoms with Crippen molar-refractivity contribution in [3.63, 3.8) is 0 Å². The van der Waals surface area contributed by atoms with Gasteiger partial charge in [-0.25, -0.2) is 0 Å². The van der Waals surface area contributed by atoms with Crippen LogP contribution in [0, 0.1) is 5.92 Å². The lowest BCUT2D eigenvalue weighted by molar-refractivity contribution is -0.141. The van der Waals surface area contributed by atoms with E-state index in [0.717, 1.165) is 56.0 Å². The van der Waals surface area contributed by atoms with Gasteiger partial charge in [0.2, 0.25) is 5.91 Å². The predicted octanol–water partition coefficient (Wildman–Crippen LogP) is 2.57. The zero-order valence-electron chi connectivity index (χ0n) is 18.4. The monoisotopic (exact) mass is 434 g/mol. The molecule has 1 aromatic carbocycles. The van der Waals surface area contributed by atoms with E-state index in [-0.39, 0.29) is 17.9 Å². The average molecular weight is 435 g/mol. The molecule has 2 amide bonds. The van der Waals surface area contributed by atoms with E-state index in [0.29, 0.717) is 32.0 Å². The molecule has 3 saturated heterocycles. The van der Waals surface area contributed by atoms with Crippen molar-refractivity contribution in [2.75, 3.05) is 44.3 Å². The molecule has 0 unspecified atom stereocenters. The highest BCUT2D eigenvalue weighted by atomic mass is 16.5. The summed E-state index contributed by atoms with van der Waals surface area (Å²) < 4.78 is 5.42. The van der Waals surface area contributed by atoms with Crippen molar-refractivity contribution in [1.82, 2.24) is 14.8 Å². The van der Waals surface area contributed by atoms with Gasteiger partial charge in [0.15, 0.2) is 0 Å². The molecule has 0 radical (unpaired) electrons. The van der Waals surface area contributed by atoms with Crippen molar-refractivity contribution in [2.24, 2.45) is 5.92 Å². The third-order valence-corrected chi connectivity index (χ3v) is 7.00. The smallest absolute Gasteiger partial charge is 0.253 e. The molecule has 3 aliphatic rings. The first-order valence-corrected chi connectivity index (χ1v) is 11.6. The summed E-state index contributed by atoms with van der Waals surface area (Å²) in [7, 11) is 0. The lowest BCUT2D eigenvalue weighted by Gasteiger charge is -2.47.